The monoisotopic (exact) mass is 221 g/mol. The summed E-state index contributed by atoms with van der Waals surface area (Å²) < 4.78 is 0. The second-order valence-electron chi connectivity index (χ2n) is 6.15. The summed E-state index contributed by atoms with van der Waals surface area (Å²) in [7, 11) is 0. The molecule has 16 heavy (non-hydrogen) atoms. The maximum Gasteiger partial charge on any atom is 0.225 e. The summed E-state index contributed by atoms with van der Waals surface area (Å²) >= 11 is 0. The van der Waals surface area contributed by atoms with Crippen LogP contribution in [0.1, 0.15) is 45.4 Å². The summed E-state index contributed by atoms with van der Waals surface area (Å²) in [6, 6.07) is 0. The zero-order valence-corrected chi connectivity index (χ0v) is 10.3. The highest BCUT2D eigenvalue weighted by Gasteiger charge is 2.49. The maximum absolute atomic E-state index is 12.3. The molecule has 1 saturated heterocycles. The highest BCUT2D eigenvalue weighted by atomic mass is 16.2. The van der Waals surface area contributed by atoms with Gasteiger partial charge in [0.05, 0.1) is 0 Å². The number of hydrogen-bond donors (Lipinski definition) is 0. The molecule has 2 heteroatoms. The van der Waals surface area contributed by atoms with Crippen LogP contribution in [0, 0.1) is 23.7 Å². The smallest absolute Gasteiger partial charge is 0.225 e. The van der Waals surface area contributed by atoms with Crippen LogP contribution in [0.15, 0.2) is 0 Å². The fourth-order valence-electron chi connectivity index (χ4n) is 3.85. The molecule has 1 amide bonds. The van der Waals surface area contributed by atoms with E-state index in [1.54, 1.807) is 0 Å². The maximum atomic E-state index is 12.3. The molecule has 0 aromatic rings. The van der Waals surface area contributed by atoms with Crippen LogP contribution in [0.3, 0.4) is 0 Å². The van der Waals surface area contributed by atoms with Gasteiger partial charge in [-0.3, -0.25) is 4.79 Å². The molecule has 0 N–H and O–H groups in total. The summed E-state index contributed by atoms with van der Waals surface area (Å²) in [6.45, 7) is 4.34. The van der Waals surface area contributed by atoms with Crippen LogP contribution in [0.4, 0.5) is 0 Å². The number of likely N-dealkylation sites (tertiary alicyclic amines) is 1. The quantitative estimate of drug-likeness (QED) is 0.717. The fraction of sp³-hybridized carbons (Fsp3) is 0.929. The lowest BCUT2D eigenvalue weighted by Gasteiger charge is -2.21. The van der Waals surface area contributed by atoms with E-state index in [-0.39, 0.29) is 0 Å². The molecule has 1 aliphatic heterocycles. The van der Waals surface area contributed by atoms with Crippen LogP contribution in [-0.4, -0.2) is 23.9 Å². The van der Waals surface area contributed by atoms with Gasteiger partial charge in [0.15, 0.2) is 0 Å². The molecule has 0 aromatic carbocycles. The Morgan fingerprint density at radius 1 is 1.25 bits per heavy atom. The minimum atomic E-state index is 0.407. The van der Waals surface area contributed by atoms with Crippen molar-refractivity contribution in [2.45, 2.75) is 45.4 Å². The molecule has 0 aromatic heterocycles. The molecule has 3 unspecified atom stereocenters. The number of hydrogen-bond acceptors (Lipinski definition) is 1. The lowest BCUT2D eigenvalue weighted by molar-refractivity contribution is -0.134. The number of carbonyl (C=O) groups is 1. The summed E-state index contributed by atoms with van der Waals surface area (Å²) in [5.74, 6) is 3.56. The van der Waals surface area contributed by atoms with Crippen molar-refractivity contribution in [3.05, 3.63) is 0 Å². The van der Waals surface area contributed by atoms with E-state index in [0.717, 1.165) is 30.8 Å². The second-order valence-corrected chi connectivity index (χ2v) is 6.15. The molecule has 2 saturated carbocycles. The van der Waals surface area contributed by atoms with Crippen molar-refractivity contribution in [3.8, 4) is 0 Å². The molecule has 90 valence electrons. The van der Waals surface area contributed by atoms with E-state index < -0.39 is 0 Å². The Bertz CT molecular complexity index is 278. The topological polar surface area (TPSA) is 20.3 Å². The van der Waals surface area contributed by atoms with Gasteiger partial charge < -0.3 is 4.90 Å². The average Bonchev–Trinajstić information content (AvgIpc) is 2.74. The molecule has 3 aliphatic rings. The van der Waals surface area contributed by atoms with E-state index in [1.807, 2.05) is 0 Å². The van der Waals surface area contributed by atoms with Crippen molar-refractivity contribution < 1.29 is 4.79 Å². The first kappa shape index (κ1) is 10.6. The summed E-state index contributed by atoms with van der Waals surface area (Å²) in [6.07, 6.45) is 7.65. The van der Waals surface area contributed by atoms with Crippen molar-refractivity contribution in [1.29, 1.82) is 0 Å². The van der Waals surface area contributed by atoms with Gasteiger partial charge in [-0.05, 0) is 49.9 Å². The van der Waals surface area contributed by atoms with Crippen LogP contribution in [0.25, 0.3) is 0 Å². The van der Waals surface area contributed by atoms with Crippen LogP contribution in [-0.2, 0) is 4.79 Å². The molecular formula is C14H23NO. The molecule has 3 atom stereocenters. The van der Waals surface area contributed by atoms with Gasteiger partial charge in [0.2, 0.25) is 5.91 Å². The van der Waals surface area contributed by atoms with E-state index in [4.69, 9.17) is 0 Å². The minimum absolute atomic E-state index is 0.407. The van der Waals surface area contributed by atoms with Crippen LogP contribution < -0.4 is 0 Å². The Hall–Kier alpha value is -0.530. The van der Waals surface area contributed by atoms with E-state index in [0.29, 0.717) is 11.8 Å². The van der Waals surface area contributed by atoms with Crippen LogP contribution >= 0.6 is 0 Å². The van der Waals surface area contributed by atoms with Gasteiger partial charge in [0, 0.05) is 19.0 Å². The largest absolute Gasteiger partial charge is 0.342 e. The third-order valence-corrected chi connectivity index (χ3v) is 4.89. The average molecular weight is 221 g/mol. The Balaban J connectivity index is 1.52. The number of nitrogens with zero attached hydrogens (tertiary/aromatic N) is 1. The van der Waals surface area contributed by atoms with Gasteiger partial charge in [-0.1, -0.05) is 13.3 Å². The van der Waals surface area contributed by atoms with Crippen LogP contribution in [0.5, 0.6) is 0 Å². The first-order valence-corrected chi connectivity index (χ1v) is 7.06. The molecule has 2 nitrogen and oxygen atoms in total. The summed E-state index contributed by atoms with van der Waals surface area (Å²) in [4.78, 5) is 14.5. The van der Waals surface area contributed by atoms with E-state index >= 15 is 0 Å². The van der Waals surface area contributed by atoms with Gasteiger partial charge in [0.25, 0.3) is 0 Å². The molecule has 3 fully saturated rings. The fourth-order valence-corrected chi connectivity index (χ4v) is 3.85. The molecule has 1 heterocycles. The molecule has 0 radical (unpaired) electrons. The van der Waals surface area contributed by atoms with Crippen LogP contribution in [0.2, 0.25) is 0 Å². The number of fused-ring (bicyclic) bond motifs is 1. The lowest BCUT2D eigenvalue weighted by atomic mass is 10.0. The van der Waals surface area contributed by atoms with E-state index in [9.17, 15) is 4.79 Å². The normalized spacial score (nSPS) is 41.2. The van der Waals surface area contributed by atoms with Gasteiger partial charge >= 0.3 is 0 Å². The molecular weight excluding hydrogens is 198 g/mol. The minimum Gasteiger partial charge on any atom is -0.342 e. The Kier molecular flexibility index (Phi) is 2.68. The highest BCUT2D eigenvalue weighted by Crippen LogP contribution is 2.54. The van der Waals surface area contributed by atoms with E-state index in [1.165, 1.54) is 38.5 Å². The molecule has 2 aliphatic carbocycles. The first-order valence-electron chi connectivity index (χ1n) is 7.06. The zero-order valence-electron chi connectivity index (χ0n) is 10.3. The SMILES string of the molecule is CCCC1CCN(C(=O)C2CC3CC3C2)C1. The van der Waals surface area contributed by atoms with Gasteiger partial charge in [-0.2, -0.15) is 0 Å². The first-order chi connectivity index (χ1) is 7.78. The Labute approximate surface area is 98.4 Å². The Morgan fingerprint density at radius 3 is 2.69 bits per heavy atom. The number of amides is 1. The van der Waals surface area contributed by atoms with E-state index in [2.05, 4.69) is 11.8 Å². The van der Waals surface area contributed by atoms with Gasteiger partial charge in [-0.25, -0.2) is 0 Å². The van der Waals surface area contributed by atoms with Crippen molar-refractivity contribution in [3.63, 3.8) is 0 Å². The molecule has 0 spiro atoms. The predicted molar refractivity (Wildman–Crippen MR) is 63.9 cm³/mol. The lowest BCUT2D eigenvalue weighted by Crippen LogP contribution is -2.34. The molecule has 3 rings (SSSR count). The third kappa shape index (κ3) is 1.87. The summed E-state index contributed by atoms with van der Waals surface area (Å²) in [5, 5.41) is 0. The second kappa shape index (κ2) is 4.05. The van der Waals surface area contributed by atoms with Crippen molar-refractivity contribution in [1.82, 2.24) is 4.90 Å². The molecule has 0 bridgehead atoms. The van der Waals surface area contributed by atoms with Crippen molar-refractivity contribution in [2.75, 3.05) is 13.1 Å². The standard InChI is InChI=1S/C14H23NO/c1-2-3-10-4-5-15(9-10)14(16)13-7-11-6-12(11)8-13/h10-13H,2-9H2,1H3. The highest BCUT2D eigenvalue weighted by molar-refractivity contribution is 5.79. The van der Waals surface area contributed by atoms with Gasteiger partial charge in [0.1, 0.15) is 0 Å². The third-order valence-electron chi connectivity index (χ3n) is 4.89. The number of carbonyl (C=O) groups excluding carboxylic acids is 1. The summed E-state index contributed by atoms with van der Waals surface area (Å²) in [5.41, 5.74) is 0. The van der Waals surface area contributed by atoms with Gasteiger partial charge in [-0.15, -0.1) is 0 Å². The van der Waals surface area contributed by atoms with Crippen molar-refractivity contribution >= 4 is 5.91 Å². The van der Waals surface area contributed by atoms with Crippen molar-refractivity contribution in [2.24, 2.45) is 23.7 Å². The Morgan fingerprint density at radius 2 is 2.00 bits per heavy atom. The zero-order chi connectivity index (χ0) is 11.1. The number of rotatable bonds is 3. The predicted octanol–water partition coefficient (Wildman–Crippen LogP) is 2.68.